The highest BCUT2D eigenvalue weighted by Gasteiger charge is 2.02. The zero-order valence-electron chi connectivity index (χ0n) is 7.36. The highest BCUT2D eigenvalue weighted by atomic mass is 14.9. The van der Waals surface area contributed by atoms with Crippen LogP contribution in [0.4, 0.5) is 0 Å². The topological polar surface area (TPSA) is 12.0 Å². The lowest BCUT2D eigenvalue weighted by Gasteiger charge is -2.14. The molecule has 0 aromatic rings. The number of hydrogen-bond donors (Lipinski definition) is 1. The second kappa shape index (κ2) is 5.32. The third-order valence-corrected chi connectivity index (χ3v) is 1.69. The van der Waals surface area contributed by atoms with Gasteiger partial charge >= 0.3 is 0 Å². The molecule has 0 bridgehead atoms. The second-order valence-corrected chi connectivity index (χ2v) is 2.84. The van der Waals surface area contributed by atoms with E-state index in [4.69, 9.17) is 0 Å². The minimum atomic E-state index is 0.570. The van der Waals surface area contributed by atoms with E-state index in [0.29, 0.717) is 12.0 Å². The summed E-state index contributed by atoms with van der Waals surface area (Å²) in [4.78, 5) is 0. The van der Waals surface area contributed by atoms with Gasteiger partial charge in [-0.25, -0.2) is 0 Å². The average molecular weight is 139 g/mol. The van der Waals surface area contributed by atoms with E-state index in [1.807, 2.05) is 6.92 Å². The van der Waals surface area contributed by atoms with Crippen LogP contribution in [0.15, 0.2) is 0 Å². The third kappa shape index (κ3) is 4.40. The van der Waals surface area contributed by atoms with Crippen molar-refractivity contribution in [2.75, 3.05) is 6.54 Å². The monoisotopic (exact) mass is 139 g/mol. The summed E-state index contributed by atoms with van der Waals surface area (Å²) in [6.45, 7) is 9.27. The molecule has 0 aromatic carbocycles. The molecule has 10 heavy (non-hydrogen) atoms. The Morgan fingerprint density at radius 3 is 2.30 bits per heavy atom. The van der Waals surface area contributed by atoms with Crippen LogP contribution in [0.3, 0.4) is 0 Å². The molecule has 0 rings (SSSR count). The molecular weight excluding hydrogens is 122 g/mol. The Bertz CT molecular complexity index is 127. The van der Waals surface area contributed by atoms with Crippen molar-refractivity contribution in [1.29, 1.82) is 0 Å². The first-order chi connectivity index (χ1) is 4.68. The fraction of sp³-hybridized carbons (Fsp3) is 0.778. The van der Waals surface area contributed by atoms with Crippen LogP contribution in [0.1, 0.15) is 27.7 Å². The van der Waals surface area contributed by atoms with Crippen molar-refractivity contribution in [3.8, 4) is 11.8 Å². The fourth-order valence-corrected chi connectivity index (χ4v) is 0.536. The lowest BCUT2D eigenvalue weighted by atomic mass is 10.1. The lowest BCUT2D eigenvalue weighted by Crippen LogP contribution is -2.30. The van der Waals surface area contributed by atoms with Crippen LogP contribution in [-0.2, 0) is 0 Å². The summed E-state index contributed by atoms with van der Waals surface area (Å²) in [5, 5.41) is 3.31. The van der Waals surface area contributed by atoms with Gasteiger partial charge in [0.2, 0.25) is 0 Å². The van der Waals surface area contributed by atoms with Gasteiger partial charge in [0.1, 0.15) is 0 Å². The zero-order valence-corrected chi connectivity index (χ0v) is 7.36. The van der Waals surface area contributed by atoms with Crippen LogP contribution in [0.2, 0.25) is 0 Å². The predicted molar refractivity (Wildman–Crippen MR) is 45.8 cm³/mol. The summed E-state index contributed by atoms with van der Waals surface area (Å²) in [5.74, 6) is 6.52. The molecule has 1 N–H and O–H groups in total. The summed E-state index contributed by atoms with van der Waals surface area (Å²) >= 11 is 0. The van der Waals surface area contributed by atoms with Crippen LogP contribution in [-0.4, -0.2) is 12.6 Å². The highest BCUT2D eigenvalue weighted by Crippen LogP contribution is 1.97. The maximum absolute atomic E-state index is 3.31. The fourth-order valence-electron chi connectivity index (χ4n) is 0.536. The van der Waals surface area contributed by atoms with Gasteiger partial charge in [0, 0.05) is 6.04 Å². The van der Waals surface area contributed by atoms with E-state index in [9.17, 15) is 0 Å². The van der Waals surface area contributed by atoms with Crippen molar-refractivity contribution >= 4 is 0 Å². The first-order valence-corrected chi connectivity index (χ1v) is 3.81. The molecule has 0 saturated carbocycles. The van der Waals surface area contributed by atoms with Gasteiger partial charge in [-0.1, -0.05) is 19.8 Å². The molecule has 0 fully saturated rings. The summed E-state index contributed by atoms with van der Waals surface area (Å²) in [6.07, 6.45) is 0. The van der Waals surface area contributed by atoms with Gasteiger partial charge in [-0.05, 0) is 19.8 Å². The van der Waals surface area contributed by atoms with Crippen LogP contribution in [0.25, 0.3) is 0 Å². The molecule has 1 unspecified atom stereocenters. The molecule has 0 heterocycles. The minimum absolute atomic E-state index is 0.570. The van der Waals surface area contributed by atoms with E-state index in [2.05, 4.69) is 37.9 Å². The zero-order chi connectivity index (χ0) is 7.98. The Hall–Kier alpha value is -0.480. The maximum atomic E-state index is 3.31. The Labute approximate surface area is 64.2 Å². The normalized spacial score (nSPS) is 12.5. The average Bonchev–Trinajstić information content (AvgIpc) is 1.88. The largest absolute Gasteiger partial charge is 0.303 e. The Balaban J connectivity index is 3.36. The van der Waals surface area contributed by atoms with Gasteiger partial charge in [0.05, 0.1) is 6.54 Å². The summed E-state index contributed by atoms with van der Waals surface area (Å²) < 4.78 is 0. The van der Waals surface area contributed by atoms with Gasteiger partial charge in [-0.15, -0.1) is 5.92 Å². The van der Waals surface area contributed by atoms with Crippen molar-refractivity contribution in [2.24, 2.45) is 5.92 Å². The molecule has 0 aliphatic carbocycles. The van der Waals surface area contributed by atoms with Gasteiger partial charge in [-0.3, -0.25) is 0 Å². The lowest BCUT2D eigenvalue weighted by molar-refractivity contribution is 0.447. The first-order valence-electron chi connectivity index (χ1n) is 3.81. The van der Waals surface area contributed by atoms with Gasteiger partial charge in [-0.2, -0.15) is 0 Å². The van der Waals surface area contributed by atoms with E-state index in [1.165, 1.54) is 0 Å². The SMILES string of the molecule is CC#CCNC(C)C(C)C. The quantitative estimate of drug-likeness (QED) is 0.586. The second-order valence-electron chi connectivity index (χ2n) is 2.84. The molecule has 0 saturated heterocycles. The molecule has 58 valence electrons. The minimum Gasteiger partial charge on any atom is -0.303 e. The van der Waals surface area contributed by atoms with Crippen LogP contribution in [0, 0.1) is 17.8 Å². The molecule has 0 aliphatic rings. The Kier molecular flexibility index (Phi) is 5.06. The van der Waals surface area contributed by atoms with Crippen molar-refractivity contribution in [2.45, 2.75) is 33.7 Å². The van der Waals surface area contributed by atoms with Crippen molar-refractivity contribution in [3.05, 3.63) is 0 Å². The van der Waals surface area contributed by atoms with Gasteiger partial charge in [0.25, 0.3) is 0 Å². The highest BCUT2D eigenvalue weighted by molar-refractivity contribution is 4.97. The smallest absolute Gasteiger partial charge is 0.0578 e. The van der Waals surface area contributed by atoms with Crippen molar-refractivity contribution < 1.29 is 0 Å². The van der Waals surface area contributed by atoms with Crippen LogP contribution >= 0.6 is 0 Å². The molecule has 0 radical (unpaired) electrons. The van der Waals surface area contributed by atoms with Crippen molar-refractivity contribution in [1.82, 2.24) is 5.32 Å². The Morgan fingerprint density at radius 2 is 1.90 bits per heavy atom. The van der Waals surface area contributed by atoms with E-state index < -0.39 is 0 Å². The van der Waals surface area contributed by atoms with E-state index in [0.717, 1.165) is 6.54 Å². The maximum Gasteiger partial charge on any atom is 0.0578 e. The predicted octanol–water partition coefficient (Wildman–Crippen LogP) is 1.64. The molecule has 1 atom stereocenters. The van der Waals surface area contributed by atoms with Gasteiger partial charge < -0.3 is 5.32 Å². The molecule has 0 spiro atoms. The Morgan fingerprint density at radius 1 is 1.30 bits per heavy atom. The summed E-state index contributed by atoms with van der Waals surface area (Å²) in [6, 6.07) is 0.570. The van der Waals surface area contributed by atoms with E-state index in [-0.39, 0.29) is 0 Å². The number of rotatable bonds is 3. The molecule has 0 aromatic heterocycles. The summed E-state index contributed by atoms with van der Waals surface area (Å²) in [5.41, 5.74) is 0. The van der Waals surface area contributed by atoms with Gasteiger partial charge in [0.15, 0.2) is 0 Å². The molecular formula is C9H17N. The van der Waals surface area contributed by atoms with E-state index >= 15 is 0 Å². The standard InChI is InChI=1S/C9H17N/c1-5-6-7-10-9(4)8(2)3/h8-10H,7H2,1-4H3. The van der Waals surface area contributed by atoms with E-state index in [1.54, 1.807) is 0 Å². The van der Waals surface area contributed by atoms with Crippen LogP contribution < -0.4 is 5.32 Å². The third-order valence-electron chi connectivity index (χ3n) is 1.69. The number of hydrogen-bond acceptors (Lipinski definition) is 1. The molecule has 0 aliphatic heterocycles. The summed E-state index contributed by atoms with van der Waals surface area (Å²) in [7, 11) is 0. The molecule has 1 heteroatoms. The molecule has 0 amide bonds. The number of nitrogens with one attached hydrogen (secondary N) is 1. The van der Waals surface area contributed by atoms with Crippen molar-refractivity contribution in [3.63, 3.8) is 0 Å². The first kappa shape index (κ1) is 9.52. The van der Waals surface area contributed by atoms with Crippen LogP contribution in [0.5, 0.6) is 0 Å². The molecule has 1 nitrogen and oxygen atoms in total.